The Hall–Kier alpha value is -2.23. The van der Waals surface area contributed by atoms with Crippen molar-refractivity contribution in [2.24, 2.45) is 5.73 Å². The largest absolute Gasteiger partial charge is 0.451 e. The summed E-state index contributed by atoms with van der Waals surface area (Å²) in [5.41, 5.74) is 14.7. The smallest absolute Gasteiger partial charge is 0.284 e. The lowest BCUT2D eigenvalue weighted by molar-refractivity contribution is 0.0974. The van der Waals surface area contributed by atoms with Crippen LogP contribution in [0.25, 0.3) is 11.3 Å². The van der Waals surface area contributed by atoms with Crippen LogP contribution in [0.2, 0.25) is 0 Å². The normalized spacial score (nSPS) is 10.5. The van der Waals surface area contributed by atoms with Crippen LogP contribution in [0.5, 0.6) is 0 Å². The Bertz CT molecular complexity index is 585. The van der Waals surface area contributed by atoms with Gasteiger partial charge in [0.2, 0.25) is 0 Å². The van der Waals surface area contributed by atoms with Gasteiger partial charge in [-0.2, -0.15) is 0 Å². The minimum absolute atomic E-state index is 0.137. The highest BCUT2D eigenvalue weighted by molar-refractivity contribution is 5.90. The van der Waals surface area contributed by atoms with E-state index >= 15 is 0 Å². The second-order valence-electron chi connectivity index (χ2n) is 4.05. The fraction of sp³-hybridized carbons (Fsp3) is 0.154. The Morgan fingerprint density at radius 1 is 1.18 bits per heavy atom. The van der Waals surface area contributed by atoms with Gasteiger partial charge in [0.25, 0.3) is 5.91 Å². The summed E-state index contributed by atoms with van der Waals surface area (Å²) in [4.78, 5) is 10.9. The molecule has 0 fully saturated rings. The summed E-state index contributed by atoms with van der Waals surface area (Å²) in [6.07, 6.45) is 0. The number of carbonyl (C=O) groups is 1. The summed E-state index contributed by atoms with van der Waals surface area (Å²) in [5, 5.41) is 0. The molecule has 0 radical (unpaired) electrons. The average molecular weight is 230 g/mol. The van der Waals surface area contributed by atoms with Gasteiger partial charge in [0, 0.05) is 11.3 Å². The Morgan fingerprint density at radius 3 is 2.41 bits per heavy atom. The van der Waals surface area contributed by atoms with Gasteiger partial charge >= 0.3 is 0 Å². The van der Waals surface area contributed by atoms with Crippen LogP contribution in [0.3, 0.4) is 0 Å². The second kappa shape index (κ2) is 3.97. The molecular weight excluding hydrogens is 216 g/mol. The van der Waals surface area contributed by atoms with Crippen LogP contribution in [0.4, 0.5) is 5.69 Å². The van der Waals surface area contributed by atoms with Gasteiger partial charge in [0.05, 0.1) is 0 Å². The average Bonchev–Trinajstić information content (AvgIpc) is 2.72. The zero-order valence-electron chi connectivity index (χ0n) is 9.78. The third-order valence-electron chi connectivity index (χ3n) is 2.78. The van der Waals surface area contributed by atoms with Crippen LogP contribution in [0, 0.1) is 13.8 Å². The molecule has 0 aliphatic heterocycles. The Labute approximate surface area is 99.2 Å². The Balaban J connectivity index is 2.52. The molecule has 4 heteroatoms. The van der Waals surface area contributed by atoms with Crippen molar-refractivity contribution in [1.29, 1.82) is 0 Å². The molecule has 0 saturated heterocycles. The van der Waals surface area contributed by atoms with E-state index < -0.39 is 5.91 Å². The first kappa shape index (κ1) is 11.3. The van der Waals surface area contributed by atoms with E-state index in [1.54, 1.807) is 12.1 Å². The van der Waals surface area contributed by atoms with Crippen LogP contribution in [-0.4, -0.2) is 5.91 Å². The molecule has 1 heterocycles. The van der Waals surface area contributed by atoms with Gasteiger partial charge in [0.1, 0.15) is 5.76 Å². The topological polar surface area (TPSA) is 82.2 Å². The van der Waals surface area contributed by atoms with Crippen LogP contribution in [0.1, 0.15) is 21.7 Å². The molecule has 0 spiro atoms. The molecular formula is C13H14N2O2. The number of hydrogen-bond donors (Lipinski definition) is 2. The predicted octanol–water partition coefficient (Wildman–Crippen LogP) is 2.24. The lowest BCUT2D eigenvalue weighted by Gasteiger charge is -2.07. The lowest BCUT2D eigenvalue weighted by atomic mass is 10.0. The number of nitrogen functional groups attached to an aromatic ring is 1. The number of furan rings is 1. The third-order valence-corrected chi connectivity index (χ3v) is 2.78. The van der Waals surface area contributed by atoms with Crippen molar-refractivity contribution in [3.8, 4) is 11.3 Å². The van der Waals surface area contributed by atoms with Gasteiger partial charge < -0.3 is 15.9 Å². The van der Waals surface area contributed by atoms with E-state index in [4.69, 9.17) is 15.9 Å². The molecule has 0 saturated carbocycles. The van der Waals surface area contributed by atoms with E-state index in [-0.39, 0.29) is 5.76 Å². The minimum atomic E-state index is -0.585. The summed E-state index contributed by atoms with van der Waals surface area (Å²) in [5.74, 6) is 0.107. The predicted molar refractivity (Wildman–Crippen MR) is 66.5 cm³/mol. The third kappa shape index (κ3) is 2.01. The van der Waals surface area contributed by atoms with Gasteiger partial charge in [-0.15, -0.1) is 0 Å². The fourth-order valence-corrected chi connectivity index (χ4v) is 1.67. The van der Waals surface area contributed by atoms with Crippen molar-refractivity contribution >= 4 is 11.6 Å². The monoisotopic (exact) mass is 230 g/mol. The molecule has 2 rings (SSSR count). The maximum atomic E-state index is 10.9. The number of rotatable bonds is 2. The van der Waals surface area contributed by atoms with Crippen LogP contribution < -0.4 is 11.5 Å². The van der Waals surface area contributed by atoms with Crippen molar-refractivity contribution in [2.75, 3.05) is 5.73 Å². The molecule has 1 aromatic heterocycles. The number of nitrogens with two attached hydrogens (primary N) is 2. The molecule has 0 aliphatic rings. The van der Waals surface area contributed by atoms with Crippen LogP contribution in [-0.2, 0) is 0 Å². The van der Waals surface area contributed by atoms with E-state index in [0.717, 1.165) is 16.7 Å². The number of benzene rings is 1. The molecule has 0 bridgehead atoms. The zero-order chi connectivity index (χ0) is 12.6. The van der Waals surface area contributed by atoms with Crippen LogP contribution in [0.15, 0.2) is 28.7 Å². The number of amides is 1. The number of carbonyl (C=O) groups excluding carboxylic acids is 1. The van der Waals surface area contributed by atoms with E-state index in [1.807, 2.05) is 26.0 Å². The minimum Gasteiger partial charge on any atom is -0.451 e. The van der Waals surface area contributed by atoms with E-state index in [1.165, 1.54) is 0 Å². The Kier molecular flexibility index (Phi) is 2.63. The molecule has 1 amide bonds. The summed E-state index contributed by atoms with van der Waals surface area (Å²) in [6.45, 7) is 3.99. The molecule has 0 atom stereocenters. The van der Waals surface area contributed by atoms with Gasteiger partial charge in [-0.25, -0.2) is 0 Å². The summed E-state index contributed by atoms with van der Waals surface area (Å²) >= 11 is 0. The first-order valence-electron chi connectivity index (χ1n) is 5.26. The molecule has 4 N–H and O–H groups in total. The zero-order valence-corrected chi connectivity index (χ0v) is 9.78. The summed E-state index contributed by atoms with van der Waals surface area (Å²) < 4.78 is 5.35. The Morgan fingerprint density at radius 2 is 1.82 bits per heavy atom. The highest BCUT2D eigenvalue weighted by Crippen LogP contribution is 2.30. The van der Waals surface area contributed by atoms with E-state index in [9.17, 15) is 4.79 Å². The van der Waals surface area contributed by atoms with Crippen molar-refractivity contribution in [3.05, 3.63) is 41.2 Å². The van der Waals surface area contributed by atoms with Gasteiger partial charge in [-0.1, -0.05) is 0 Å². The van der Waals surface area contributed by atoms with Crippen molar-refractivity contribution < 1.29 is 9.21 Å². The molecule has 0 unspecified atom stereocenters. The number of anilines is 1. The summed E-state index contributed by atoms with van der Waals surface area (Å²) in [7, 11) is 0. The number of hydrogen-bond acceptors (Lipinski definition) is 3. The van der Waals surface area contributed by atoms with Gasteiger partial charge in [0.15, 0.2) is 5.76 Å². The van der Waals surface area contributed by atoms with Crippen LogP contribution >= 0.6 is 0 Å². The lowest BCUT2D eigenvalue weighted by Crippen LogP contribution is -2.09. The molecule has 88 valence electrons. The molecule has 17 heavy (non-hydrogen) atoms. The van der Waals surface area contributed by atoms with Gasteiger partial charge in [-0.05, 0) is 49.2 Å². The summed E-state index contributed by atoms with van der Waals surface area (Å²) in [6, 6.07) is 7.07. The van der Waals surface area contributed by atoms with E-state index in [2.05, 4.69) is 0 Å². The first-order valence-corrected chi connectivity index (χ1v) is 5.26. The van der Waals surface area contributed by atoms with Crippen molar-refractivity contribution in [1.82, 2.24) is 0 Å². The maximum Gasteiger partial charge on any atom is 0.284 e. The molecule has 0 aliphatic carbocycles. The molecule has 4 nitrogen and oxygen atoms in total. The molecule has 1 aromatic carbocycles. The van der Waals surface area contributed by atoms with Crippen molar-refractivity contribution in [3.63, 3.8) is 0 Å². The highest BCUT2D eigenvalue weighted by atomic mass is 16.3. The highest BCUT2D eigenvalue weighted by Gasteiger charge is 2.12. The van der Waals surface area contributed by atoms with Crippen molar-refractivity contribution in [2.45, 2.75) is 13.8 Å². The second-order valence-corrected chi connectivity index (χ2v) is 4.05. The SMILES string of the molecule is Cc1cc(N)c(-c2ccc(C(N)=O)o2)cc1C. The molecule has 2 aromatic rings. The number of aryl methyl sites for hydroxylation is 2. The number of primary amides is 1. The van der Waals surface area contributed by atoms with Gasteiger partial charge in [-0.3, -0.25) is 4.79 Å². The standard InChI is InChI=1S/C13H14N2O2/c1-7-5-9(10(14)6-8(7)2)11-3-4-12(17-11)13(15)16/h3-6H,14H2,1-2H3,(H2,15,16). The first-order chi connectivity index (χ1) is 7.99. The quantitative estimate of drug-likeness (QED) is 0.776. The van der Waals surface area contributed by atoms with E-state index in [0.29, 0.717) is 11.4 Å². The fourth-order valence-electron chi connectivity index (χ4n) is 1.67. The maximum absolute atomic E-state index is 10.9.